The molecular formula is C20H23BrF3N5O4. The second-order valence-corrected chi connectivity index (χ2v) is 8.68. The number of anilines is 1. The van der Waals surface area contributed by atoms with Gasteiger partial charge in [0.1, 0.15) is 22.5 Å². The highest BCUT2D eigenvalue weighted by molar-refractivity contribution is 9.10. The highest BCUT2D eigenvalue weighted by Crippen LogP contribution is 2.29. The van der Waals surface area contributed by atoms with Gasteiger partial charge in [0, 0.05) is 38.8 Å². The Morgan fingerprint density at radius 2 is 1.82 bits per heavy atom. The van der Waals surface area contributed by atoms with E-state index in [1.807, 2.05) is 12.1 Å². The summed E-state index contributed by atoms with van der Waals surface area (Å²) in [5.41, 5.74) is -1.10. The van der Waals surface area contributed by atoms with E-state index in [1.54, 1.807) is 0 Å². The predicted octanol–water partition coefficient (Wildman–Crippen LogP) is 1.34. The minimum Gasteiger partial charge on any atom is -0.469 e. The number of aromatic nitrogens is 3. The number of nitrogens with zero attached hydrogens (tertiary/aromatic N) is 5. The fourth-order valence-electron chi connectivity index (χ4n) is 3.80. The summed E-state index contributed by atoms with van der Waals surface area (Å²) in [6.45, 7) is 3.15. The Hall–Kier alpha value is -2.06. The first-order valence-electron chi connectivity index (χ1n) is 10.4. The van der Waals surface area contributed by atoms with Gasteiger partial charge in [0.25, 0.3) is 0 Å². The number of aliphatic hydroxyl groups is 2. The number of hydrogen-bond donors (Lipinski definition) is 2. The van der Waals surface area contributed by atoms with Crippen LogP contribution in [0.1, 0.15) is 5.69 Å². The lowest BCUT2D eigenvalue weighted by atomic mass is 9.99. The molecule has 180 valence electrons. The molecular weight excluding hydrogens is 511 g/mol. The van der Waals surface area contributed by atoms with Gasteiger partial charge in [-0.2, -0.15) is 13.2 Å². The van der Waals surface area contributed by atoms with Crippen LogP contribution in [0, 0.1) is 0 Å². The quantitative estimate of drug-likeness (QED) is 0.589. The van der Waals surface area contributed by atoms with E-state index >= 15 is 0 Å². The zero-order valence-electron chi connectivity index (χ0n) is 17.4. The van der Waals surface area contributed by atoms with Crippen molar-refractivity contribution in [3.63, 3.8) is 0 Å². The molecule has 2 N–H and O–H groups in total. The third-order valence-electron chi connectivity index (χ3n) is 5.62. The number of pyridine rings is 1. The number of alkyl halides is 3. The van der Waals surface area contributed by atoms with Gasteiger partial charge in [-0.25, -0.2) is 4.98 Å². The maximum Gasteiger partial charge on any atom is 0.433 e. The Morgan fingerprint density at radius 1 is 1.06 bits per heavy atom. The van der Waals surface area contributed by atoms with Crippen LogP contribution in [-0.4, -0.2) is 94.0 Å². The maximum atomic E-state index is 12.8. The average Bonchev–Trinajstić information content (AvgIpc) is 2.79. The van der Waals surface area contributed by atoms with E-state index in [0.29, 0.717) is 37.3 Å². The zero-order chi connectivity index (χ0) is 23.6. The molecule has 2 fully saturated rings. The average molecular weight is 534 g/mol. The van der Waals surface area contributed by atoms with E-state index in [9.17, 15) is 23.4 Å². The van der Waals surface area contributed by atoms with Gasteiger partial charge in [0.15, 0.2) is 11.9 Å². The van der Waals surface area contributed by atoms with E-state index in [1.165, 1.54) is 12.1 Å². The molecule has 4 rings (SSSR count). The smallest absolute Gasteiger partial charge is 0.433 e. The molecule has 2 aromatic rings. The second kappa shape index (κ2) is 10.1. The molecule has 0 radical (unpaired) electrons. The Kier molecular flexibility index (Phi) is 7.34. The van der Waals surface area contributed by atoms with Crippen molar-refractivity contribution in [1.82, 2.24) is 20.1 Å². The van der Waals surface area contributed by atoms with E-state index < -0.39 is 36.3 Å². The first kappa shape index (κ1) is 24.1. The molecule has 2 aliphatic rings. The number of rotatable bonds is 5. The summed E-state index contributed by atoms with van der Waals surface area (Å²) in [6, 6.07) is 6.97. The van der Waals surface area contributed by atoms with Crippen molar-refractivity contribution in [3.05, 3.63) is 40.6 Å². The first-order chi connectivity index (χ1) is 15.7. The van der Waals surface area contributed by atoms with Gasteiger partial charge in [0.2, 0.25) is 5.88 Å². The van der Waals surface area contributed by atoms with Crippen molar-refractivity contribution in [2.24, 2.45) is 0 Å². The predicted molar refractivity (Wildman–Crippen MR) is 114 cm³/mol. The minimum atomic E-state index is -4.61. The third kappa shape index (κ3) is 5.90. The summed E-state index contributed by atoms with van der Waals surface area (Å²) in [5, 5.41) is 29.2. The molecule has 0 aliphatic carbocycles. The Morgan fingerprint density at radius 3 is 2.48 bits per heavy atom. The van der Waals surface area contributed by atoms with E-state index in [0.717, 1.165) is 11.9 Å². The van der Waals surface area contributed by atoms with Crippen LogP contribution < -0.4 is 9.64 Å². The highest BCUT2D eigenvalue weighted by Gasteiger charge is 2.41. The largest absolute Gasteiger partial charge is 0.469 e. The zero-order valence-corrected chi connectivity index (χ0v) is 19.0. The van der Waals surface area contributed by atoms with Crippen LogP contribution in [0.5, 0.6) is 5.88 Å². The lowest BCUT2D eigenvalue weighted by molar-refractivity contribution is -0.185. The van der Waals surface area contributed by atoms with Gasteiger partial charge in [-0.15, -0.1) is 10.2 Å². The van der Waals surface area contributed by atoms with Gasteiger partial charge in [-0.1, -0.05) is 6.07 Å². The van der Waals surface area contributed by atoms with Crippen LogP contribution >= 0.6 is 15.9 Å². The Labute approximate surface area is 196 Å². The van der Waals surface area contributed by atoms with Crippen LogP contribution in [-0.2, 0) is 10.9 Å². The van der Waals surface area contributed by atoms with Crippen LogP contribution in [0.4, 0.5) is 19.0 Å². The van der Waals surface area contributed by atoms with Crippen LogP contribution in [0.15, 0.2) is 34.9 Å². The van der Waals surface area contributed by atoms with Crippen molar-refractivity contribution in [2.75, 3.05) is 44.2 Å². The highest BCUT2D eigenvalue weighted by atomic mass is 79.9. The van der Waals surface area contributed by atoms with Crippen LogP contribution in [0.25, 0.3) is 0 Å². The molecule has 9 nitrogen and oxygen atoms in total. The topological polar surface area (TPSA) is 104 Å². The lowest BCUT2D eigenvalue weighted by Crippen LogP contribution is -2.59. The number of piperazine rings is 1. The molecule has 33 heavy (non-hydrogen) atoms. The molecule has 0 unspecified atom stereocenters. The normalized spacial score (nSPS) is 26.9. The number of aliphatic hydroxyl groups excluding tert-OH is 2. The van der Waals surface area contributed by atoms with Crippen molar-refractivity contribution in [1.29, 1.82) is 0 Å². The summed E-state index contributed by atoms with van der Waals surface area (Å²) >= 11 is 3.26. The van der Waals surface area contributed by atoms with E-state index in [-0.39, 0.29) is 12.5 Å². The SMILES string of the molecule is O[C@@H]1[C@H](O)[C@@H](Oc2cccc(C(F)(F)F)n2)CO[C@@H]1CN1CCN(c2ccc(Br)nn2)CC1. The summed E-state index contributed by atoms with van der Waals surface area (Å²) < 4.78 is 50.3. The monoisotopic (exact) mass is 533 g/mol. The standard InChI is InChI=1S/C20H23BrF3N5O4/c21-15-4-5-16(27-26-15)29-8-6-28(7-9-29)10-12-18(30)19(31)13(11-32-12)33-17-3-1-2-14(25-17)20(22,23)24/h1-5,12-13,18-19,30-31H,6-11H2/t12-,13+,18+,19-/m1/s1. The fourth-order valence-corrected chi connectivity index (χ4v) is 4.02. The van der Waals surface area contributed by atoms with Crippen molar-refractivity contribution in [2.45, 2.75) is 30.6 Å². The van der Waals surface area contributed by atoms with E-state index in [2.05, 4.69) is 40.9 Å². The van der Waals surface area contributed by atoms with Gasteiger partial charge in [0.05, 0.1) is 12.7 Å². The summed E-state index contributed by atoms with van der Waals surface area (Å²) in [4.78, 5) is 7.64. The third-order valence-corrected chi connectivity index (χ3v) is 6.05. The van der Waals surface area contributed by atoms with Gasteiger partial charge in [-0.05, 0) is 34.1 Å². The van der Waals surface area contributed by atoms with Crippen LogP contribution in [0.2, 0.25) is 0 Å². The fraction of sp³-hybridized carbons (Fsp3) is 0.550. The first-order valence-corrected chi connectivity index (χ1v) is 11.1. The van der Waals surface area contributed by atoms with Gasteiger partial charge >= 0.3 is 6.18 Å². The molecule has 4 atom stereocenters. The number of ether oxygens (including phenoxy) is 2. The second-order valence-electron chi connectivity index (χ2n) is 7.87. The lowest BCUT2D eigenvalue weighted by Gasteiger charge is -2.41. The summed E-state index contributed by atoms with van der Waals surface area (Å²) in [5.74, 6) is 0.487. The molecule has 13 heteroatoms. The van der Waals surface area contributed by atoms with Gasteiger partial charge < -0.3 is 24.6 Å². The Balaban J connectivity index is 1.29. The molecule has 0 bridgehead atoms. The molecule has 4 heterocycles. The molecule has 0 amide bonds. The molecule has 2 saturated heterocycles. The van der Waals surface area contributed by atoms with Crippen molar-refractivity contribution < 1.29 is 32.9 Å². The molecule has 2 aromatic heterocycles. The number of halogens is 4. The molecule has 2 aliphatic heterocycles. The minimum absolute atomic E-state index is 0.0880. The molecule has 0 spiro atoms. The van der Waals surface area contributed by atoms with Crippen molar-refractivity contribution >= 4 is 21.7 Å². The number of hydrogen-bond acceptors (Lipinski definition) is 9. The van der Waals surface area contributed by atoms with Crippen molar-refractivity contribution in [3.8, 4) is 5.88 Å². The van der Waals surface area contributed by atoms with Gasteiger partial charge in [-0.3, -0.25) is 4.90 Å². The molecule has 0 aromatic carbocycles. The summed E-state index contributed by atoms with van der Waals surface area (Å²) in [7, 11) is 0. The van der Waals surface area contributed by atoms with Crippen LogP contribution in [0.3, 0.4) is 0 Å². The molecule has 0 saturated carbocycles. The van der Waals surface area contributed by atoms with E-state index in [4.69, 9.17) is 9.47 Å². The summed E-state index contributed by atoms with van der Waals surface area (Å²) in [6.07, 6.45) is -8.91. The Bertz CT molecular complexity index is 931. The maximum absolute atomic E-state index is 12.8.